The number of unbranched alkanes of at least 4 members (excludes halogenated alkanes) is 7. The number of aryl methyl sites for hydroxylation is 2. The van der Waals surface area contributed by atoms with Crippen molar-refractivity contribution >= 4 is 11.6 Å². The lowest BCUT2D eigenvalue weighted by atomic mass is 10.1. The third kappa shape index (κ3) is 5.43. The molecular weight excluding hydrogens is 244 g/mol. The summed E-state index contributed by atoms with van der Waals surface area (Å²) in [6.07, 6.45) is 13.6. The third-order valence-corrected chi connectivity index (χ3v) is 3.87. The SMILES string of the molecule is CCCCCCCCCCn1cnc(CC)c1Cl. The van der Waals surface area contributed by atoms with Crippen LogP contribution in [0, 0.1) is 0 Å². The number of aromatic nitrogens is 2. The zero-order valence-electron chi connectivity index (χ0n) is 11.9. The standard InChI is InChI=1S/C15H27ClN2/c1-3-5-6-7-8-9-10-11-12-18-13-17-14(4-2)15(18)16/h13H,3-12H2,1-2H3. The third-order valence-electron chi connectivity index (χ3n) is 3.43. The Balaban J connectivity index is 2.05. The summed E-state index contributed by atoms with van der Waals surface area (Å²) in [6, 6.07) is 0. The summed E-state index contributed by atoms with van der Waals surface area (Å²) in [5.74, 6) is 0. The van der Waals surface area contributed by atoms with E-state index in [0.717, 1.165) is 23.8 Å². The Labute approximate surface area is 117 Å². The van der Waals surface area contributed by atoms with Crippen LogP contribution < -0.4 is 0 Å². The summed E-state index contributed by atoms with van der Waals surface area (Å²) in [6.45, 7) is 5.37. The van der Waals surface area contributed by atoms with Gasteiger partial charge >= 0.3 is 0 Å². The second-order valence-electron chi connectivity index (χ2n) is 5.00. The minimum Gasteiger partial charge on any atom is -0.321 e. The maximum atomic E-state index is 6.22. The summed E-state index contributed by atoms with van der Waals surface area (Å²) in [7, 11) is 0. The monoisotopic (exact) mass is 270 g/mol. The smallest absolute Gasteiger partial charge is 0.131 e. The fraction of sp³-hybridized carbons (Fsp3) is 0.800. The van der Waals surface area contributed by atoms with Gasteiger partial charge in [-0.15, -0.1) is 0 Å². The van der Waals surface area contributed by atoms with Crippen molar-refractivity contribution < 1.29 is 0 Å². The number of hydrogen-bond donors (Lipinski definition) is 0. The van der Waals surface area contributed by atoms with Gasteiger partial charge in [0.1, 0.15) is 5.15 Å². The number of rotatable bonds is 10. The lowest BCUT2D eigenvalue weighted by Gasteiger charge is -2.04. The van der Waals surface area contributed by atoms with Gasteiger partial charge in [-0.2, -0.15) is 0 Å². The molecule has 1 rings (SSSR count). The fourth-order valence-corrected chi connectivity index (χ4v) is 2.53. The van der Waals surface area contributed by atoms with E-state index in [-0.39, 0.29) is 0 Å². The van der Waals surface area contributed by atoms with Gasteiger partial charge in [0.15, 0.2) is 0 Å². The average Bonchev–Trinajstić information content (AvgIpc) is 2.73. The molecule has 0 spiro atoms. The van der Waals surface area contributed by atoms with Crippen molar-refractivity contribution in [1.29, 1.82) is 0 Å². The molecule has 0 aliphatic rings. The first-order chi connectivity index (χ1) is 8.79. The minimum absolute atomic E-state index is 0.834. The zero-order valence-corrected chi connectivity index (χ0v) is 12.7. The Hall–Kier alpha value is -0.500. The van der Waals surface area contributed by atoms with Crippen LogP contribution in [0.3, 0.4) is 0 Å². The molecule has 0 saturated carbocycles. The number of hydrogen-bond acceptors (Lipinski definition) is 1. The lowest BCUT2D eigenvalue weighted by Crippen LogP contribution is -1.96. The topological polar surface area (TPSA) is 17.8 Å². The number of nitrogens with zero attached hydrogens (tertiary/aromatic N) is 2. The molecule has 3 heteroatoms. The molecule has 0 aliphatic carbocycles. The van der Waals surface area contributed by atoms with Crippen molar-refractivity contribution in [1.82, 2.24) is 9.55 Å². The van der Waals surface area contributed by atoms with Crippen LogP contribution in [0.15, 0.2) is 6.33 Å². The van der Waals surface area contributed by atoms with Crippen LogP contribution in [0.4, 0.5) is 0 Å². The Kier molecular flexibility index (Phi) is 8.15. The normalized spacial score (nSPS) is 11.1. The predicted molar refractivity (Wildman–Crippen MR) is 79.2 cm³/mol. The summed E-state index contributed by atoms with van der Waals surface area (Å²) >= 11 is 6.22. The maximum Gasteiger partial charge on any atom is 0.131 e. The molecule has 1 heterocycles. The molecular formula is C15H27ClN2. The molecule has 0 fully saturated rings. The second-order valence-corrected chi connectivity index (χ2v) is 5.36. The molecule has 1 aromatic heterocycles. The van der Waals surface area contributed by atoms with Crippen molar-refractivity contribution in [2.45, 2.75) is 78.2 Å². The van der Waals surface area contributed by atoms with E-state index in [1.54, 1.807) is 0 Å². The van der Waals surface area contributed by atoms with Gasteiger partial charge in [0.05, 0.1) is 12.0 Å². The molecule has 0 aliphatic heterocycles. The largest absolute Gasteiger partial charge is 0.321 e. The molecule has 18 heavy (non-hydrogen) atoms. The highest BCUT2D eigenvalue weighted by Crippen LogP contribution is 2.16. The van der Waals surface area contributed by atoms with Gasteiger partial charge in [0.25, 0.3) is 0 Å². The molecule has 0 amide bonds. The van der Waals surface area contributed by atoms with E-state index in [9.17, 15) is 0 Å². The highest BCUT2D eigenvalue weighted by atomic mass is 35.5. The van der Waals surface area contributed by atoms with E-state index in [4.69, 9.17) is 11.6 Å². The Morgan fingerprint density at radius 1 is 1.00 bits per heavy atom. The number of halogens is 1. The summed E-state index contributed by atoms with van der Waals surface area (Å²) < 4.78 is 2.08. The van der Waals surface area contributed by atoms with Gasteiger partial charge in [-0.05, 0) is 12.8 Å². The van der Waals surface area contributed by atoms with Crippen LogP contribution in [0.25, 0.3) is 0 Å². The Morgan fingerprint density at radius 2 is 1.61 bits per heavy atom. The highest BCUT2D eigenvalue weighted by Gasteiger charge is 2.05. The van der Waals surface area contributed by atoms with Crippen molar-refractivity contribution in [2.75, 3.05) is 0 Å². The second kappa shape index (κ2) is 9.43. The van der Waals surface area contributed by atoms with Crippen LogP contribution in [0.5, 0.6) is 0 Å². The molecule has 0 N–H and O–H groups in total. The molecule has 0 saturated heterocycles. The van der Waals surface area contributed by atoms with Gasteiger partial charge in [0.2, 0.25) is 0 Å². The van der Waals surface area contributed by atoms with E-state index in [0.29, 0.717) is 0 Å². The first-order valence-electron chi connectivity index (χ1n) is 7.49. The van der Waals surface area contributed by atoms with Crippen LogP contribution in [-0.2, 0) is 13.0 Å². The van der Waals surface area contributed by atoms with Crippen molar-refractivity contribution in [3.63, 3.8) is 0 Å². The van der Waals surface area contributed by atoms with Crippen LogP contribution in [-0.4, -0.2) is 9.55 Å². The van der Waals surface area contributed by atoms with Crippen LogP contribution in [0.2, 0.25) is 5.15 Å². The molecule has 104 valence electrons. The lowest BCUT2D eigenvalue weighted by molar-refractivity contribution is 0.544. The van der Waals surface area contributed by atoms with E-state index >= 15 is 0 Å². The summed E-state index contributed by atoms with van der Waals surface area (Å²) in [4.78, 5) is 4.31. The van der Waals surface area contributed by atoms with E-state index < -0.39 is 0 Å². The zero-order chi connectivity index (χ0) is 13.2. The average molecular weight is 271 g/mol. The van der Waals surface area contributed by atoms with Gasteiger partial charge in [-0.1, -0.05) is 70.4 Å². The molecule has 0 radical (unpaired) electrons. The van der Waals surface area contributed by atoms with Crippen LogP contribution in [0.1, 0.15) is 70.9 Å². The molecule has 0 aromatic carbocycles. The van der Waals surface area contributed by atoms with Gasteiger partial charge in [-0.3, -0.25) is 0 Å². The highest BCUT2D eigenvalue weighted by molar-refractivity contribution is 6.30. The number of imidazole rings is 1. The van der Waals surface area contributed by atoms with Crippen molar-refractivity contribution in [2.24, 2.45) is 0 Å². The van der Waals surface area contributed by atoms with Crippen molar-refractivity contribution in [3.8, 4) is 0 Å². The first kappa shape index (κ1) is 15.6. The molecule has 2 nitrogen and oxygen atoms in total. The molecule has 1 aromatic rings. The predicted octanol–water partition coefficient (Wildman–Crippen LogP) is 5.24. The fourth-order valence-electron chi connectivity index (χ4n) is 2.22. The molecule has 0 unspecified atom stereocenters. The van der Waals surface area contributed by atoms with Crippen LogP contribution >= 0.6 is 11.6 Å². The quantitative estimate of drug-likeness (QED) is 0.532. The van der Waals surface area contributed by atoms with Gasteiger partial charge in [-0.25, -0.2) is 4.98 Å². The van der Waals surface area contributed by atoms with E-state index in [2.05, 4.69) is 23.4 Å². The first-order valence-corrected chi connectivity index (χ1v) is 7.86. The van der Waals surface area contributed by atoms with Gasteiger partial charge in [0, 0.05) is 6.54 Å². The molecule has 0 atom stereocenters. The van der Waals surface area contributed by atoms with E-state index in [1.165, 1.54) is 51.4 Å². The van der Waals surface area contributed by atoms with E-state index in [1.807, 2.05) is 6.33 Å². The molecule has 0 bridgehead atoms. The maximum absolute atomic E-state index is 6.22. The summed E-state index contributed by atoms with van der Waals surface area (Å²) in [5.41, 5.74) is 1.02. The Morgan fingerprint density at radius 3 is 2.17 bits per heavy atom. The minimum atomic E-state index is 0.834. The van der Waals surface area contributed by atoms with Gasteiger partial charge < -0.3 is 4.57 Å². The summed E-state index contributed by atoms with van der Waals surface area (Å²) in [5, 5.41) is 0.834. The van der Waals surface area contributed by atoms with Crippen molar-refractivity contribution in [3.05, 3.63) is 17.2 Å². The Bertz CT molecular complexity index is 320.